The Balaban J connectivity index is 2.08. The van der Waals surface area contributed by atoms with Crippen molar-refractivity contribution in [2.45, 2.75) is 0 Å². The summed E-state index contributed by atoms with van der Waals surface area (Å²) in [5.41, 5.74) is 1.74. The van der Waals surface area contributed by atoms with Crippen molar-refractivity contribution in [1.82, 2.24) is 0 Å². The molecule has 0 heterocycles. The summed E-state index contributed by atoms with van der Waals surface area (Å²) in [5.74, 6) is 0. The highest BCUT2D eigenvalue weighted by Gasteiger charge is 2.18. The first-order valence-electron chi connectivity index (χ1n) is 7.37. The Morgan fingerprint density at radius 3 is 1.68 bits per heavy atom. The molecule has 0 aromatic heterocycles. The first-order chi connectivity index (χ1) is 10.8. The predicted octanol–water partition coefficient (Wildman–Crippen LogP) is 5.29. The van der Waals surface area contributed by atoms with Gasteiger partial charge < -0.3 is 5.11 Å². The van der Waals surface area contributed by atoms with Crippen LogP contribution in [-0.4, -0.2) is 5.11 Å². The average molecular weight is 283 g/mol. The molecule has 0 saturated carbocycles. The summed E-state index contributed by atoms with van der Waals surface area (Å²) in [4.78, 5) is 0. The minimum Gasteiger partial charge on any atom is -0.377 e. The molecule has 4 aromatic carbocycles. The van der Waals surface area contributed by atoms with Crippen LogP contribution in [0, 0.1) is 6.10 Å². The van der Waals surface area contributed by atoms with Crippen LogP contribution in [-0.2, 0) is 0 Å². The van der Waals surface area contributed by atoms with E-state index >= 15 is 0 Å². The fourth-order valence-corrected chi connectivity index (χ4v) is 3.01. The van der Waals surface area contributed by atoms with Gasteiger partial charge >= 0.3 is 0 Å². The third-order valence-corrected chi connectivity index (χ3v) is 4.06. The quantitative estimate of drug-likeness (QED) is 0.495. The van der Waals surface area contributed by atoms with Crippen molar-refractivity contribution in [3.63, 3.8) is 0 Å². The van der Waals surface area contributed by atoms with Crippen molar-refractivity contribution in [1.29, 1.82) is 0 Å². The molecule has 1 heteroatoms. The zero-order valence-electron chi connectivity index (χ0n) is 12.0. The number of aliphatic hydroxyl groups excluding tert-OH is 1. The molecule has 1 N–H and O–H groups in total. The van der Waals surface area contributed by atoms with E-state index in [1.165, 1.54) is 0 Å². The highest BCUT2D eigenvalue weighted by atomic mass is 16.3. The summed E-state index contributed by atoms with van der Waals surface area (Å²) < 4.78 is 0. The van der Waals surface area contributed by atoms with Gasteiger partial charge in [0.15, 0.2) is 6.10 Å². The van der Waals surface area contributed by atoms with E-state index in [1.54, 1.807) is 0 Å². The molecule has 105 valence electrons. The van der Waals surface area contributed by atoms with Gasteiger partial charge in [0.05, 0.1) is 0 Å². The van der Waals surface area contributed by atoms with Gasteiger partial charge in [0.2, 0.25) is 0 Å². The number of benzene rings is 4. The van der Waals surface area contributed by atoms with Gasteiger partial charge in [0.25, 0.3) is 0 Å². The summed E-state index contributed by atoms with van der Waals surface area (Å²) in [6.07, 6.45) is 0.327. The second kappa shape index (κ2) is 5.28. The van der Waals surface area contributed by atoms with Crippen LogP contribution in [0.15, 0.2) is 84.9 Å². The Bertz CT molecular complexity index is 887. The minimum atomic E-state index is 0.327. The van der Waals surface area contributed by atoms with Crippen LogP contribution in [0.1, 0.15) is 11.1 Å². The Morgan fingerprint density at radius 2 is 1.09 bits per heavy atom. The normalized spacial score (nSPS) is 11.4. The Labute approximate surface area is 129 Å². The molecule has 0 aliphatic carbocycles. The lowest BCUT2D eigenvalue weighted by atomic mass is 9.90. The van der Waals surface area contributed by atoms with Crippen LogP contribution in [0.4, 0.5) is 0 Å². The summed E-state index contributed by atoms with van der Waals surface area (Å²) in [7, 11) is 0. The molecule has 0 spiro atoms. The van der Waals surface area contributed by atoms with Gasteiger partial charge in [-0.1, -0.05) is 78.9 Å². The van der Waals surface area contributed by atoms with E-state index in [1.807, 2.05) is 54.6 Å². The minimum absolute atomic E-state index is 0.327. The molecule has 1 radical (unpaired) electrons. The SMILES string of the molecule is O[C](c1ccccc1)c1c2ccccc2cc2ccccc12. The Kier molecular flexibility index (Phi) is 3.14. The Morgan fingerprint density at radius 1 is 0.591 bits per heavy atom. The maximum Gasteiger partial charge on any atom is 0.153 e. The second-order valence-electron chi connectivity index (χ2n) is 5.41. The van der Waals surface area contributed by atoms with Crippen molar-refractivity contribution in [2.24, 2.45) is 0 Å². The zero-order valence-corrected chi connectivity index (χ0v) is 12.0. The lowest BCUT2D eigenvalue weighted by Crippen LogP contribution is -2.02. The van der Waals surface area contributed by atoms with Crippen molar-refractivity contribution in [2.75, 3.05) is 0 Å². The van der Waals surface area contributed by atoms with Crippen molar-refractivity contribution in [3.8, 4) is 0 Å². The lowest BCUT2D eigenvalue weighted by molar-refractivity contribution is 0.359. The maximum atomic E-state index is 10.9. The topological polar surface area (TPSA) is 20.2 Å². The number of aliphatic hydroxyl groups is 1. The van der Waals surface area contributed by atoms with Crippen LogP contribution in [0.25, 0.3) is 21.5 Å². The molecular formula is C21H15O. The van der Waals surface area contributed by atoms with E-state index in [9.17, 15) is 5.11 Å². The zero-order chi connectivity index (χ0) is 14.9. The van der Waals surface area contributed by atoms with E-state index in [4.69, 9.17) is 0 Å². The second-order valence-corrected chi connectivity index (χ2v) is 5.41. The molecule has 0 aliphatic rings. The summed E-state index contributed by atoms with van der Waals surface area (Å²) >= 11 is 0. The van der Waals surface area contributed by atoms with Crippen LogP contribution in [0.5, 0.6) is 0 Å². The van der Waals surface area contributed by atoms with Gasteiger partial charge in [-0.15, -0.1) is 0 Å². The molecule has 0 fully saturated rings. The smallest absolute Gasteiger partial charge is 0.153 e. The van der Waals surface area contributed by atoms with E-state index in [-0.39, 0.29) is 0 Å². The summed E-state index contributed by atoms with van der Waals surface area (Å²) in [6, 6.07) is 28.3. The number of fused-ring (bicyclic) bond motifs is 2. The molecule has 0 amide bonds. The van der Waals surface area contributed by atoms with Crippen LogP contribution < -0.4 is 0 Å². The van der Waals surface area contributed by atoms with E-state index in [0.29, 0.717) is 6.10 Å². The van der Waals surface area contributed by atoms with Gasteiger partial charge in [0, 0.05) is 5.56 Å². The standard InChI is InChI=1S/C21H15O/c22-21(15-8-2-1-3-9-15)20-18-12-6-4-10-16(18)14-17-11-5-7-13-19(17)20/h1-14,22H. The van der Waals surface area contributed by atoms with Crippen LogP contribution >= 0.6 is 0 Å². The molecule has 0 aliphatic heterocycles. The first-order valence-corrected chi connectivity index (χ1v) is 7.37. The fraction of sp³-hybridized carbons (Fsp3) is 0. The van der Waals surface area contributed by atoms with Crippen LogP contribution in [0.3, 0.4) is 0 Å². The summed E-state index contributed by atoms with van der Waals surface area (Å²) in [6.45, 7) is 0. The van der Waals surface area contributed by atoms with E-state index in [2.05, 4.69) is 30.3 Å². The maximum absolute atomic E-state index is 10.9. The van der Waals surface area contributed by atoms with Gasteiger partial charge in [-0.2, -0.15) is 0 Å². The Hall–Kier alpha value is -2.64. The highest BCUT2D eigenvalue weighted by molar-refractivity contribution is 6.04. The summed E-state index contributed by atoms with van der Waals surface area (Å²) in [5, 5.41) is 15.3. The molecule has 1 nitrogen and oxygen atoms in total. The van der Waals surface area contributed by atoms with Crippen molar-refractivity contribution < 1.29 is 5.11 Å². The molecule has 0 atom stereocenters. The first kappa shape index (κ1) is 13.1. The monoisotopic (exact) mass is 283 g/mol. The lowest BCUT2D eigenvalue weighted by Gasteiger charge is -2.16. The van der Waals surface area contributed by atoms with Gasteiger partial charge in [-0.3, -0.25) is 0 Å². The van der Waals surface area contributed by atoms with Gasteiger partial charge in [-0.05, 0) is 33.2 Å². The van der Waals surface area contributed by atoms with Gasteiger partial charge in [0.1, 0.15) is 0 Å². The number of rotatable bonds is 2. The molecule has 4 rings (SSSR count). The van der Waals surface area contributed by atoms with Crippen molar-refractivity contribution in [3.05, 3.63) is 102 Å². The fourth-order valence-electron chi connectivity index (χ4n) is 3.01. The molecular weight excluding hydrogens is 268 g/mol. The average Bonchev–Trinajstić information content (AvgIpc) is 2.60. The molecule has 22 heavy (non-hydrogen) atoms. The largest absolute Gasteiger partial charge is 0.377 e. The predicted molar refractivity (Wildman–Crippen MR) is 91.3 cm³/mol. The van der Waals surface area contributed by atoms with E-state index < -0.39 is 0 Å². The molecule has 0 unspecified atom stereocenters. The number of hydrogen-bond donors (Lipinski definition) is 1. The molecule has 0 bridgehead atoms. The highest BCUT2D eigenvalue weighted by Crippen LogP contribution is 2.35. The molecule has 0 saturated heterocycles. The van der Waals surface area contributed by atoms with Crippen LogP contribution in [0.2, 0.25) is 0 Å². The van der Waals surface area contributed by atoms with Crippen molar-refractivity contribution >= 4 is 21.5 Å². The third kappa shape index (κ3) is 2.07. The van der Waals surface area contributed by atoms with Gasteiger partial charge in [-0.25, -0.2) is 0 Å². The molecule has 4 aromatic rings. The number of hydrogen-bond acceptors (Lipinski definition) is 1. The third-order valence-electron chi connectivity index (χ3n) is 4.06. The van der Waals surface area contributed by atoms with E-state index in [0.717, 1.165) is 32.7 Å².